The van der Waals surface area contributed by atoms with E-state index in [1.807, 2.05) is 35.0 Å². The predicted octanol–water partition coefficient (Wildman–Crippen LogP) is 3.55. The number of aromatic nitrogens is 2. The van der Waals surface area contributed by atoms with E-state index in [-0.39, 0.29) is 16.5 Å². The van der Waals surface area contributed by atoms with Crippen molar-refractivity contribution in [2.75, 3.05) is 5.32 Å². The van der Waals surface area contributed by atoms with Crippen LogP contribution in [0, 0.1) is 0 Å². The van der Waals surface area contributed by atoms with Gasteiger partial charge in [-0.05, 0) is 28.1 Å². The number of allylic oxidation sites excluding steroid dienone is 1. The largest absolute Gasteiger partial charge is 0.343 e. The molecule has 8 heteroatoms. The van der Waals surface area contributed by atoms with Crippen LogP contribution in [0.5, 0.6) is 0 Å². The molecule has 1 aliphatic heterocycles. The van der Waals surface area contributed by atoms with Gasteiger partial charge in [0.25, 0.3) is 10.0 Å². The number of sulfonamides is 1. The lowest BCUT2D eigenvalue weighted by Gasteiger charge is -2.17. The van der Waals surface area contributed by atoms with E-state index < -0.39 is 10.0 Å². The smallest absolute Gasteiger partial charge is 0.288 e. The zero-order valence-electron chi connectivity index (χ0n) is 13.0. The van der Waals surface area contributed by atoms with Gasteiger partial charge in [-0.3, -0.25) is 0 Å². The lowest BCUT2D eigenvalue weighted by molar-refractivity contribution is 0.597. The Bertz CT molecular complexity index is 1150. The lowest BCUT2D eigenvalue weighted by atomic mass is 10.1. The summed E-state index contributed by atoms with van der Waals surface area (Å²) in [5.41, 5.74) is 1.69. The Balaban J connectivity index is 1.92. The summed E-state index contributed by atoms with van der Waals surface area (Å²) in [4.78, 5) is 4.23. The molecule has 6 nitrogen and oxygen atoms in total. The molecule has 0 atom stereocenters. The van der Waals surface area contributed by atoms with Crippen molar-refractivity contribution < 1.29 is 8.42 Å². The normalized spacial score (nSPS) is 15.3. The van der Waals surface area contributed by atoms with E-state index >= 15 is 0 Å². The summed E-state index contributed by atoms with van der Waals surface area (Å²) >= 11 is 3.24. The molecule has 0 radical (unpaired) electrons. The van der Waals surface area contributed by atoms with Gasteiger partial charge >= 0.3 is 0 Å². The van der Waals surface area contributed by atoms with Gasteiger partial charge in [0.2, 0.25) is 0 Å². The zero-order chi connectivity index (χ0) is 17.6. The fraction of sp³-hybridized carbons (Fsp3) is 0.0588. The molecule has 0 saturated carbocycles. The second kappa shape index (κ2) is 5.82. The van der Waals surface area contributed by atoms with Crippen molar-refractivity contribution in [3.8, 4) is 0 Å². The van der Waals surface area contributed by atoms with Crippen LogP contribution in [0.15, 0.2) is 69.1 Å². The molecule has 126 valence electrons. The van der Waals surface area contributed by atoms with Gasteiger partial charge in [0.05, 0.1) is 0 Å². The highest BCUT2D eigenvalue weighted by Crippen LogP contribution is 2.31. The third-order valence-electron chi connectivity index (χ3n) is 3.92. The van der Waals surface area contributed by atoms with Crippen LogP contribution < -0.4 is 5.32 Å². The van der Waals surface area contributed by atoms with Crippen LogP contribution >= 0.6 is 15.9 Å². The minimum Gasteiger partial charge on any atom is -0.343 e. The van der Waals surface area contributed by atoms with Gasteiger partial charge < -0.3 is 9.88 Å². The summed E-state index contributed by atoms with van der Waals surface area (Å²) in [6.45, 7) is 4.38. The molecule has 0 fully saturated rings. The van der Waals surface area contributed by atoms with E-state index in [1.54, 1.807) is 12.3 Å². The summed E-state index contributed by atoms with van der Waals surface area (Å²) in [5, 5.41) is 3.95. The number of benzene rings is 1. The second-order valence-corrected chi connectivity index (χ2v) is 8.03. The first kappa shape index (κ1) is 16.0. The molecule has 2 aromatic heterocycles. The Morgan fingerprint density at radius 1 is 1.32 bits per heavy atom. The van der Waals surface area contributed by atoms with Crippen LogP contribution in [0.1, 0.15) is 5.56 Å². The summed E-state index contributed by atoms with van der Waals surface area (Å²) < 4.78 is 31.7. The van der Waals surface area contributed by atoms with Crippen LogP contribution in [-0.2, 0) is 16.6 Å². The number of nitrogens with one attached hydrogen (secondary N) is 1. The number of pyridine rings is 1. The zero-order valence-corrected chi connectivity index (χ0v) is 15.4. The SMILES string of the molecule is C=CCn1cc(C2=NS(=O)(=O)c3cc(Br)cnc3N2)c2ccccc21. The molecule has 3 aromatic rings. The Labute approximate surface area is 153 Å². The first-order valence-corrected chi connectivity index (χ1v) is 9.69. The van der Waals surface area contributed by atoms with E-state index in [2.05, 4.69) is 37.2 Å². The van der Waals surface area contributed by atoms with Gasteiger partial charge in [-0.15, -0.1) is 11.0 Å². The van der Waals surface area contributed by atoms with E-state index in [0.717, 1.165) is 10.9 Å². The highest BCUT2D eigenvalue weighted by atomic mass is 79.9. The summed E-state index contributed by atoms with van der Waals surface area (Å²) in [5.74, 6) is 0.537. The maximum Gasteiger partial charge on any atom is 0.288 e. The number of rotatable bonds is 3. The first-order chi connectivity index (χ1) is 12.0. The number of fused-ring (bicyclic) bond motifs is 2. The first-order valence-electron chi connectivity index (χ1n) is 7.46. The standard InChI is InChI=1S/C17H13BrN4O2S/c1-2-7-22-10-13(12-5-3-4-6-14(12)22)16-20-17-15(25(23,24)21-16)8-11(18)9-19-17/h2-6,8-10H,1,7H2,(H,19,20,21). The highest BCUT2D eigenvalue weighted by molar-refractivity contribution is 9.10. The summed E-state index contributed by atoms with van der Waals surface area (Å²) in [6, 6.07) is 9.25. The quantitative estimate of drug-likeness (QED) is 0.662. The van der Waals surface area contributed by atoms with Crippen molar-refractivity contribution >= 4 is 48.5 Å². The molecule has 1 N–H and O–H groups in total. The Morgan fingerprint density at radius 2 is 2.12 bits per heavy atom. The van der Waals surface area contributed by atoms with Crippen LogP contribution in [0.3, 0.4) is 0 Å². The van der Waals surface area contributed by atoms with Crippen LogP contribution in [-0.4, -0.2) is 23.8 Å². The molecule has 0 aliphatic carbocycles. The molecule has 1 aliphatic rings. The van der Waals surface area contributed by atoms with E-state index in [4.69, 9.17) is 0 Å². The van der Waals surface area contributed by atoms with Gasteiger partial charge in [-0.2, -0.15) is 8.42 Å². The number of amidine groups is 1. The van der Waals surface area contributed by atoms with Gasteiger partial charge in [0.1, 0.15) is 4.90 Å². The topological polar surface area (TPSA) is 76.3 Å². The maximum absolute atomic E-state index is 12.6. The van der Waals surface area contributed by atoms with Crippen molar-refractivity contribution in [1.29, 1.82) is 0 Å². The average Bonchev–Trinajstić information content (AvgIpc) is 2.94. The lowest BCUT2D eigenvalue weighted by Crippen LogP contribution is -2.23. The average molecular weight is 417 g/mol. The van der Waals surface area contributed by atoms with Crippen molar-refractivity contribution in [2.45, 2.75) is 11.4 Å². The molecular formula is C17H13BrN4O2S. The minimum absolute atomic E-state index is 0.0560. The number of anilines is 1. The van der Waals surface area contributed by atoms with Gasteiger partial charge in [-0.25, -0.2) is 4.98 Å². The van der Waals surface area contributed by atoms with Crippen LogP contribution in [0.4, 0.5) is 5.82 Å². The molecule has 0 amide bonds. The Kier molecular flexibility index (Phi) is 3.73. The monoisotopic (exact) mass is 416 g/mol. The number of nitrogens with zero attached hydrogens (tertiary/aromatic N) is 3. The maximum atomic E-state index is 12.6. The molecule has 3 heterocycles. The number of halogens is 1. The molecule has 0 spiro atoms. The van der Waals surface area contributed by atoms with Crippen molar-refractivity contribution in [3.63, 3.8) is 0 Å². The Hall–Kier alpha value is -2.45. The predicted molar refractivity (Wildman–Crippen MR) is 101 cm³/mol. The van der Waals surface area contributed by atoms with Gasteiger partial charge in [-0.1, -0.05) is 24.3 Å². The Morgan fingerprint density at radius 3 is 2.92 bits per heavy atom. The third-order valence-corrected chi connectivity index (χ3v) is 5.64. The molecule has 0 unspecified atom stereocenters. The summed E-state index contributed by atoms with van der Waals surface area (Å²) in [7, 11) is -3.83. The molecule has 4 rings (SSSR count). The highest BCUT2D eigenvalue weighted by Gasteiger charge is 2.28. The number of hydrogen-bond acceptors (Lipinski definition) is 4. The van der Waals surface area contributed by atoms with Crippen molar-refractivity contribution in [1.82, 2.24) is 9.55 Å². The van der Waals surface area contributed by atoms with Crippen LogP contribution in [0.2, 0.25) is 0 Å². The molecular weight excluding hydrogens is 404 g/mol. The molecule has 0 saturated heterocycles. The van der Waals surface area contributed by atoms with Gasteiger partial charge in [0, 0.05) is 39.9 Å². The number of para-hydroxylation sites is 1. The number of hydrogen-bond donors (Lipinski definition) is 1. The molecule has 25 heavy (non-hydrogen) atoms. The van der Waals surface area contributed by atoms with E-state index in [0.29, 0.717) is 16.6 Å². The van der Waals surface area contributed by atoms with Gasteiger partial charge in [0.15, 0.2) is 11.7 Å². The summed E-state index contributed by atoms with van der Waals surface area (Å²) in [6.07, 6.45) is 5.21. The fourth-order valence-electron chi connectivity index (χ4n) is 2.86. The minimum atomic E-state index is -3.83. The van der Waals surface area contributed by atoms with Crippen LogP contribution in [0.25, 0.3) is 10.9 Å². The van der Waals surface area contributed by atoms with Crippen molar-refractivity contribution in [3.05, 3.63) is 65.4 Å². The second-order valence-electron chi connectivity index (χ2n) is 5.54. The molecule has 0 bridgehead atoms. The third kappa shape index (κ3) is 2.67. The van der Waals surface area contributed by atoms with Crippen molar-refractivity contribution in [2.24, 2.45) is 4.40 Å². The van der Waals surface area contributed by atoms with E-state index in [1.165, 1.54) is 6.07 Å². The van der Waals surface area contributed by atoms with E-state index in [9.17, 15) is 8.42 Å². The molecule has 1 aromatic carbocycles. The fourth-order valence-corrected chi connectivity index (χ4v) is 4.45.